The van der Waals surface area contributed by atoms with Crippen molar-refractivity contribution in [2.24, 2.45) is 0 Å². The summed E-state index contributed by atoms with van der Waals surface area (Å²) in [7, 11) is 7.04. The van der Waals surface area contributed by atoms with Gasteiger partial charge >= 0.3 is 6.01 Å². The molecule has 0 spiro atoms. The van der Waals surface area contributed by atoms with E-state index in [0.29, 0.717) is 6.01 Å². The van der Waals surface area contributed by atoms with Crippen LogP contribution >= 0.6 is 0 Å². The third kappa shape index (κ3) is 1.95. The fourth-order valence-corrected chi connectivity index (χ4v) is 1.70. The normalized spacial score (nSPS) is 10.4. The summed E-state index contributed by atoms with van der Waals surface area (Å²) < 4.78 is 10.4. The lowest BCUT2D eigenvalue weighted by Crippen LogP contribution is -2.12. The van der Waals surface area contributed by atoms with Gasteiger partial charge in [-0.25, -0.2) is 0 Å². The second-order valence-corrected chi connectivity index (χ2v) is 3.78. The molecule has 0 unspecified atom stereocenters. The molecule has 0 atom stereocenters. The Bertz CT molecular complexity index is 541. The average Bonchev–Trinajstić information content (AvgIpc) is 2.36. The number of ether oxygens (including phenoxy) is 2. The largest absolute Gasteiger partial charge is 0.496 e. The van der Waals surface area contributed by atoms with Crippen LogP contribution in [-0.2, 0) is 0 Å². The highest BCUT2D eigenvalue weighted by atomic mass is 16.5. The fourth-order valence-electron chi connectivity index (χ4n) is 1.70. The lowest BCUT2D eigenvalue weighted by molar-refractivity contribution is 0.381. The minimum Gasteiger partial charge on any atom is -0.496 e. The topological polar surface area (TPSA) is 47.5 Å². The molecule has 1 aromatic carbocycles. The molecule has 0 saturated carbocycles. The van der Waals surface area contributed by atoms with Gasteiger partial charge in [-0.15, -0.1) is 0 Å². The van der Waals surface area contributed by atoms with E-state index < -0.39 is 0 Å². The summed E-state index contributed by atoms with van der Waals surface area (Å²) in [6, 6.07) is 6.06. The van der Waals surface area contributed by atoms with Crippen molar-refractivity contribution in [2.75, 3.05) is 33.2 Å². The number of methoxy groups -OCH3 is 2. The summed E-state index contributed by atoms with van der Waals surface area (Å²) in [5, 5.41) is 0.890. The van der Waals surface area contributed by atoms with E-state index in [4.69, 9.17) is 9.47 Å². The Morgan fingerprint density at radius 1 is 1.06 bits per heavy atom. The van der Waals surface area contributed by atoms with Crippen LogP contribution in [0.5, 0.6) is 11.8 Å². The molecule has 2 rings (SSSR count). The first-order valence-electron chi connectivity index (χ1n) is 5.23. The predicted octanol–water partition coefficient (Wildman–Crippen LogP) is 1.71. The van der Waals surface area contributed by atoms with Gasteiger partial charge in [0.2, 0.25) is 0 Å². The summed E-state index contributed by atoms with van der Waals surface area (Å²) in [6.45, 7) is 0. The van der Waals surface area contributed by atoms with Crippen LogP contribution in [0.25, 0.3) is 10.9 Å². The van der Waals surface area contributed by atoms with Gasteiger partial charge in [0.1, 0.15) is 11.6 Å². The summed E-state index contributed by atoms with van der Waals surface area (Å²) in [5.41, 5.74) is 0.805. The van der Waals surface area contributed by atoms with Crippen LogP contribution in [-0.4, -0.2) is 38.3 Å². The van der Waals surface area contributed by atoms with E-state index in [2.05, 4.69) is 9.97 Å². The highest BCUT2D eigenvalue weighted by Gasteiger charge is 2.13. The van der Waals surface area contributed by atoms with E-state index in [-0.39, 0.29) is 0 Å². The van der Waals surface area contributed by atoms with Gasteiger partial charge in [-0.3, -0.25) is 0 Å². The molecule has 1 aromatic heterocycles. The zero-order valence-corrected chi connectivity index (χ0v) is 10.4. The third-order valence-electron chi connectivity index (χ3n) is 2.47. The smallest absolute Gasteiger partial charge is 0.318 e. The minimum atomic E-state index is 0.356. The number of benzene rings is 1. The molecule has 0 N–H and O–H groups in total. The first-order chi connectivity index (χ1) is 8.17. The molecule has 5 nitrogen and oxygen atoms in total. The molecule has 0 radical (unpaired) electrons. The van der Waals surface area contributed by atoms with Crippen molar-refractivity contribution in [2.45, 2.75) is 0 Å². The van der Waals surface area contributed by atoms with Crippen molar-refractivity contribution < 1.29 is 9.47 Å². The van der Waals surface area contributed by atoms with Crippen LogP contribution in [0.4, 0.5) is 5.82 Å². The average molecular weight is 233 g/mol. The number of fused-ring (bicyclic) bond motifs is 1. The van der Waals surface area contributed by atoms with E-state index >= 15 is 0 Å². The molecule has 1 heterocycles. The standard InChI is InChI=1S/C12H15N3O2/c1-15(2)11-10-8(13-12(14-11)17-4)6-5-7-9(10)16-3/h5-7H,1-4H3. The lowest BCUT2D eigenvalue weighted by Gasteiger charge is -2.16. The maximum atomic E-state index is 5.34. The Labute approximate surface area is 100.0 Å². The minimum absolute atomic E-state index is 0.356. The summed E-state index contributed by atoms with van der Waals surface area (Å²) in [4.78, 5) is 10.6. The van der Waals surface area contributed by atoms with Crippen molar-refractivity contribution in [3.63, 3.8) is 0 Å². The van der Waals surface area contributed by atoms with Gasteiger partial charge in [-0.05, 0) is 12.1 Å². The highest BCUT2D eigenvalue weighted by molar-refractivity contribution is 5.95. The number of hydrogen-bond acceptors (Lipinski definition) is 5. The van der Waals surface area contributed by atoms with Crippen molar-refractivity contribution >= 4 is 16.7 Å². The van der Waals surface area contributed by atoms with E-state index in [1.807, 2.05) is 37.2 Å². The van der Waals surface area contributed by atoms with E-state index in [0.717, 1.165) is 22.5 Å². The monoisotopic (exact) mass is 233 g/mol. The first kappa shape index (κ1) is 11.4. The molecule has 0 bridgehead atoms. The molecule has 0 saturated heterocycles. The summed E-state index contributed by atoms with van der Waals surface area (Å²) in [6.07, 6.45) is 0. The van der Waals surface area contributed by atoms with Crippen LogP contribution in [0.3, 0.4) is 0 Å². The zero-order chi connectivity index (χ0) is 12.4. The molecule has 90 valence electrons. The molecule has 0 amide bonds. The Hall–Kier alpha value is -2.04. The quantitative estimate of drug-likeness (QED) is 0.807. The molecule has 0 aliphatic heterocycles. The third-order valence-corrected chi connectivity index (χ3v) is 2.47. The SMILES string of the molecule is COc1nc(N(C)C)c2c(OC)cccc2n1. The molecule has 2 aromatic rings. The maximum absolute atomic E-state index is 5.34. The molecule has 0 aliphatic rings. The maximum Gasteiger partial charge on any atom is 0.318 e. The first-order valence-corrected chi connectivity index (χ1v) is 5.23. The van der Waals surface area contributed by atoms with Crippen molar-refractivity contribution in [1.82, 2.24) is 9.97 Å². The molecule has 0 aliphatic carbocycles. The molecule has 5 heteroatoms. The van der Waals surface area contributed by atoms with Crippen LogP contribution in [0.2, 0.25) is 0 Å². The van der Waals surface area contributed by atoms with Crippen molar-refractivity contribution in [3.8, 4) is 11.8 Å². The number of rotatable bonds is 3. The number of aromatic nitrogens is 2. The summed E-state index contributed by atoms with van der Waals surface area (Å²) >= 11 is 0. The van der Waals surface area contributed by atoms with Crippen molar-refractivity contribution in [3.05, 3.63) is 18.2 Å². The predicted molar refractivity (Wildman–Crippen MR) is 67.0 cm³/mol. The van der Waals surface area contributed by atoms with Gasteiger partial charge in [0.15, 0.2) is 0 Å². The number of nitrogens with zero attached hydrogens (tertiary/aromatic N) is 3. The number of hydrogen-bond donors (Lipinski definition) is 0. The number of anilines is 1. The van der Waals surface area contributed by atoms with E-state index in [1.54, 1.807) is 14.2 Å². The van der Waals surface area contributed by atoms with Crippen LogP contribution in [0.1, 0.15) is 0 Å². The van der Waals surface area contributed by atoms with Gasteiger partial charge in [0, 0.05) is 14.1 Å². The molecule has 17 heavy (non-hydrogen) atoms. The van der Waals surface area contributed by atoms with Gasteiger partial charge in [-0.2, -0.15) is 9.97 Å². The molecular formula is C12H15N3O2. The van der Waals surface area contributed by atoms with Gasteiger partial charge in [-0.1, -0.05) is 6.07 Å². The Kier molecular flexibility index (Phi) is 2.99. The van der Waals surface area contributed by atoms with E-state index in [9.17, 15) is 0 Å². The second kappa shape index (κ2) is 4.45. The van der Waals surface area contributed by atoms with Crippen molar-refractivity contribution in [1.29, 1.82) is 0 Å². The van der Waals surface area contributed by atoms with Crippen LogP contribution < -0.4 is 14.4 Å². The van der Waals surface area contributed by atoms with Gasteiger partial charge < -0.3 is 14.4 Å². The molecular weight excluding hydrogens is 218 g/mol. The van der Waals surface area contributed by atoms with Crippen LogP contribution in [0.15, 0.2) is 18.2 Å². The van der Waals surface area contributed by atoms with Crippen LogP contribution in [0, 0.1) is 0 Å². The lowest BCUT2D eigenvalue weighted by atomic mass is 10.2. The van der Waals surface area contributed by atoms with E-state index in [1.165, 1.54) is 0 Å². The fraction of sp³-hybridized carbons (Fsp3) is 0.333. The zero-order valence-electron chi connectivity index (χ0n) is 10.4. The van der Waals surface area contributed by atoms with Gasteiger partial charge in [0.05, 0.1) is 25.1 Å². The second-order valence-electron chi connectivity index (χ2n) is 3.78. The van der Waals surface area contributed by atoms with Gasteiger partial charge in [0.25, 0.3) is 0 Å². The Morgan fingerprint density at radius 2 is 1.82 bits per heavy atom. The Balaban J connectivity index is 2.81. The summed E-state index contributed by atoms with van der Waals surface area (Å²) in [5.74, 6) is 1.54. The Morgan fingerprint density at radius 3 is 2.41 bits per heavy atom. The highest BCUT2D eigenvalue weighted by Crippen LogP contribution is 2.32. The molecule has 0 fully saturated rings.